The van der Waals surface area contributed by atoms with Gasteiger partial charge in [0.2, 0.25) is 0 Å². The fourth-order valence-electron chi connectivity index (χ4n) is 7.65. The molecule has 0 saturated carbocycles. The van der Waals surface area contributed by atoms with E-state index in [2.05, 4.69) is 103 Å². The topological polar surface area (TPSA) is 15.6 Å². The van der Waals surface area contributed by atoms with Gasteiger partial charge in [-0.1, -0.05) is 97.7 Å². The van der Waals surface area contributed by atoms with Crippen molar-refractivity contribution in [3.63, 3.8) is 0 Å². The van der Waals surface area contributed by atoms with Gasteiger partial charge in [0.15, 0.2) is 0 Å². The molecule has 0 N–H and O–H groups in total. The molecule has 198 valence electrons. The van der Waals surface area contributed by atoms with E-state index in [1.54, 1.807) is 5.70 Å². The molecular weight excluding hydrogens is 472 g/mol. The fourth-order valence-corrected chi connectivity index (χ4v) is 7.65. The summed E-state index contributed by atoms with van der Waals surface area (Å²) in [5.41, 5.74) is 8.58. The predicted molar refractivity (Wildman–Crippen MR) is 164 cm³/mol. The molecule has 5 aliphatic carbocycles. The van der Waals surface area contributed by atoms with Gasteiger partial charge in [-0.05, 0) is 79.7 Å². The molecule has 2 nitrogen and oxygen atoms in total. The van der Waals surface area contributed by atoms with Crippen molar-refractivity contribution in [3.8, 4) is 0 Å². The third-order valence-corrected chi connectivity index (χ3v) is 9.67. The highest BCUT2D eigenvalue weighted by Crippen LogP contribution is 2.46. The van der Waals surface area contributed by atoms with Crippen LogP contribution in [-0.4, -0.2) is 28.7 Å². The van der Waals surface area contributed by atoms with Gasteiger partial charge in [-0.15, -0.1) is 0 Å². The Labute approximate surface area is 234 Å². The number of dihydropyridines is 1. The Kier molecular flexibility index (Phi) is 6.72. The molecule has 7 rings (SSSR count). The lowest BCUT2D eigenvalue weighted by Gasteiger charge is -2.38. The lowest BCUT2D eigenvalue weighted by Crippen LogP contribution is -2.41. The van der Waals surface area contributed by atoms with Gasteiger partial charge < -0.3 is 4.90 Å². The Balaban J connectivity index is 1.21. The molecule has 0 aromatic carbocycles. The molecule has 0 aromatic heterocycles. The summed E-state index contributed by atoms with van der Waals surface area (Å²) < 4.78 is 0. The average Bonchev–Trinajstić information content (AvgIpc) is 3.35. The van der Waals surface area contributed by atoms with Crippen LogP contribution in [0.15, 0.2) is 137 Å². The average molecular weight is 513 g/mol. The van der Waals surface area contributed by atoms with Crippen LogP contribution in [0, 0.1) is 17.8 Å². The van der Waals surface area contributed by atoms with Gasteiger partial charge in [0.1, 0.15) is 0 Å². The first kappa shape index (κ1) is 24.6. The summed E-state index contributed by atoms with van der Waals surface area (Å²) in [7, 11) is 0. The number of aliphatic imine (C=N–C) groups is 1. The van der Waals surface area contributed by atoms with Gasteiger partial charge in [-0.25, -0.2) is 0 Å². The Bertz CT molecular complexity index is 1360. The van der Waals surface area contributed by atoms with Crippen LogP contribution >= 0.6 is 0 Å². The summed E-state index contributed by atoms with van der Waals surface area (Å²) in [4.78, 5) is 8.17. The molecule has 0 bridgehead atoms. The molecule has 7 aliphatic rings. The second kappa shape index (κ2) is 10.6. The SMILES string of the molecule is C=CC1=CC2C3=C(CCC=C3)N(C3C=C(C4=CC(C5CC=CCC5)=NC(C5C=CC=CC5)C4)C=CC3)C2C=C1. The highest BCUT2D eigenvalue weighted by Gasteiger charge is 2.41. The molecule has 0 saturated heterocycles. The largest absolute Gasteiger partial charge is 0.360 e. The van der Waals surface area contributed by atoms with Crippen molar-refractivity contribution < 1.29 is 0 Å². The zero-order valence-electron chi connectivity index (χ0n) is 23.0. The maximum atomic E-state index is 5.41. The Morgan fingerprint density at radius 3 is 2.72 bits per heavy atom. The Morgan fingerprint density at radius 1 is 0.897 bits per heavy atom. The summed E-state index contributed by atoms with van der Waals surface area (Å²) in [5.74, 6) is 1.48. The minimum atomic E-state index is 0.333. The van der Waals surface area contributed by atoms with E-state index < -0.39 is 0 Å². The highest BCUT2D eigenvalue weighted by atomic mass is 15.2. The number of hydrogen-bond donors (Lipinski definition) is 0. The molecule has 6 atom stereocenters. The van der Waals surface area contributed by atoms with Crippen molar-refractivity contribution >= 4 is 5.71 Å². The molecule has 2 heteroatoms. The lowest BCUT2D eigenvalue weighted by molar-refractivity contribution is 0.243. The van der Waals surface area contributed by atoms with E-state index in [0.29, 0.717) is 35.9 Å². The third kappa shape index (κ3) is 4.69. The minimum absolute atomic E-state index is 0.333. The van der Waals surface area contributed by atoms with E-state index in [1.165, 1.54) is 40.8 Å². The highest BCUT2D eigenvalue weighted by molar-refractivity contribution is 5.99. The van der Waals surface area contributed by atoms with Gasteiger partial charge in [0, 0.05) is 29.2 Å². The van der Waals surface area contributed by atoms with Crippen molar-refractivity contribution in [2.45, 2.75) is 69.5 Å². The van der Waals surface area contributed by atoms with Crippen LogP contribution in [0.4, 0.5) is 0 Å². The second-order valence-electron chi connectivity index (χ2n) is 12.0. The van der Waals surface area contributed by atoms with Gasteiger partial charge >= 0.3 is 0 Å². The zero-order chi connectivity index (χ0) is 26.2. The monoisotopic (exact) mass is 512 g/mol. The van der Waals surface area contributed by atoms with Gasteiger partial charge in [0.25, 0.3) is 0 Å². The van der Waals surface area contributed by atoms with E-state index in [1.807, 2.05) is 6.08 Å². The molecule has 2 aliphatic heterocycles. The second-order valence-corrected chi connectivity index (χ2v) is 12.0. The summed E-state index contributed by atoms with van der Waals surface area (Å²) in [5, 5.41) is 0. The summed E-state index contributed by atoms with van der Waals surface area (Å²) in [6.07, 6.45) is 46.6. The lowest BCUT2D eigenvalue weighted by atomic mass is 9.80. The van der Waals surface area contributed by atoms with Crippen molar-refractivity contribution in [3.05, 3.63) is 132 Å². The first-order chi connectivity index (χ1) is 19.3. The molecule has 0 fully saturated rings. The number of nitrogens with zero attached hydrogens (tertiary/aromatic N) is 2. The molecule has 0 spiro atoms. The smallest absolute Gasteiger partial charge is 0.0609 e. The molecule has 2 heterocycles. The molecule has 39 heavy (non-hydrogen) atoms. The molecule has 6 unspecified atom stereocenters. The Hall–Kier alpha value is -3.39. The van der Waals surface area contributed by atoms with E-state index in [9.17, 15) is 0 Å². The van der Waals surface area contributed by atoms with Crippen LogP contribution in [0.1, 0.15) is 51.4 Å². The number of fused-ring (bicyclic) bond motifs is 2. The van der Waals surface area contributed by atoms with Crippen molar-refractivity contribution in [2.24, 2.45) is 22.7 Å². The van der Waals surface area contributed by atoms with Crippen molar-refractivity contribution in [1.29, 1.82) is 0 Å². The molecular formula is C37H40N2. The van der Waals surface area contributed by atoms with E-state index >= 15 is 0 Å². The van der Waals surface area contributed by atoms with Crippen LogP contribution in [0.3, 0.4) is 0 Å². The minimum Gasteiger partial charge on any atom is -0.360 e. The molecule has 0 radical (unpaired) electrons. The number of rotatable bonds is 5. The van der Waals surface area contributed by atoms with Crippen LogP contribution < -0.4 is 0 Å². The van der Waals surface area contributed by atoms with Crippen molar-refractivity contribution in [1.82, 2.24) is 4.90 Å². The molecule has 0 amide bonds. The van der Waals surface area contributed by atoms with E-state index in [0.717, 1.165) is 38.5 Å². The maximum absolute atomic E-state index is 5.41. The van der Waals surface area contributed by atoms with Crippen LogP contribution in [0.5, 0.6) is 0 Å². The number of allylic oxidation sites excluding steroid dienone is 14. The standard InChI is InChI=1S/C37H40N2/c1-2-26-20-21-37-33(22-26)32-18-9-10-19-36(32)39(37)31-17-11-16-29(23-31)30-24-34(27-12-5-3-6-13-27)38-35(25-30)28-14-7-4-8-15-28/h2-7,9,11-12,16,18,20-23,25,27-28,31,33-34,37H,1,8,10,13-15,17,19,24H2. The normalized spacial score (nSPS) is 34.8. The zero-order valence-corrected chi connectivity index (χ0v) is 23.0. The van der Waals surface area contributed by atoms with Crippen LogP contribution in [0.25, 0.3) is 0 Å². The van der Waals surface area contributed by atoms with E-state index in [4.69, 9.17) is 4.99 Å². The Morgan fingerprint density at radius 2 is 1.87 bits per heavy atom. The van der Waals surface area contributed by atoms with Crippen molar-refractivity contribution in [2.75, 3.05) is 0 Å². The summed E-state index contributed by atoms with van der Waals surface area (Å²) >= 11 is 0. The third-order valence-electron chi connectivity index (χ3n) is 9.67. The summed E-state index contributed by atoms with van der Waals surface area (Å²) in [6, 6.07) is 1.12. The van der Waals surface area contributed by atoms with Gasteiger partial charge in [0.05, 0.1) is 18.1 Å². The van der Waals surface area contributed by atoms with E-state index in [-0.39, 0.29) is 0 Å². The number of hydrogen-bond acceptors (Lipinski definition) is 2. The summed E-state index contributed by atoms with van der Waals surface area (Å²) in [6.45, 7) is 4.04. The fraction of sp³-hybridized carbons (Fsp3) is 0.378. The molecule has 0 aromatic rings. The first-order valence-corrected chi connectivity index (χ1v) is 15.1. The maximum Gasteiger partial charge on any atom is 0.0609 e. The van der Waals surface area contributed by atoms with Gasteiger partial charge in [-0.2, -0.15) is 0 Å². The van der Waals surface area contributed by atoms with Gasteiger partial charge in [-0.3, -0.25) is 4.99 Å². The van der Waals surface area contributed by atoms with Crippen LogP contribution in [0.2, 0.25) is 0 Å². The first-order valence-electron chi connectivity index (χ1n) is 15.1. The predicted octanol–water partition coefficient (Wildman–Crippen LogP) is 8.46. The quantitative estimate of drug-likeness (QED) is 0.337. The van der Waals surface area contributed by atoms with Crippen LogP contribution in [-0.2, 0) is 0 Å².